The first kappa shape index (κ1) is 7.50. The molecule has 2 unspecified atom stereocenters. The van der Waals surface area contributed by atoms with Gasteiger partial charge < -0.3 is 14.9 Å². The fourth-order valence-corrected chi connectivity index (χ4v) is 0.870. The zero-order valence-electron chi connectivity index (χ0n) is 5.65. The monoisotopic (exact) mass is 146 g/mol. The molecule has 1 aliphatic heterocycles. The second-order valence-corrected chi connectivity index (χ2v) is 2.49. The van der Waals surface area contributed by atoms with E-state index >= 15 is 0 Å². The number of hydrogen-bond donors (Lipinski definition) is 2. The molecule has 1 saturated heterocycles. The van der Waals surface area contributed by atoms with Crippen molar-refractivity contribution in [2.24, 2.45) is 5.92 Å². The Morgan fingerprint density at radius 2 is 2.30 bits per heavy atom. The summed E-state index contributed by atoms with van der Waals surface area (Å²) in [6.45, 7) is 1.57. The minimum atomic E-state index is -0.878. The lowest BCUT2D eigenvalue weighted by Gasteiger charge is -2.34. The molecule has 1 rings (SSSR count). The van der Waals surface area contributed by atoms with Crippen LogP contribution in [0.1, 0.15) is 13.3 Å². The summed E-state index contributed by atoms with van der Waals surface area (Å²) < 4.78 is 4.74. The average molecular weight is 146 g/mol. The van der Waals surface area contributed by atoms with E-state index in [0.717, 1.165) is 0 Å². The van der Waals surface area contributed by atoms with Crippen molar-refractivity contribution >= 4 is 5.97 Å². The Hall–Kier alpha value is -0.610. The van der Waals surface area contributed by atoms with E-state index in [1.54, 1.807) is 6.92 Å². The number of ether oxygens (including phenoxy) is 1. The number of aliphatic carboxylic acids is 1. The summed E-state index contributed by atoms with van der Waals surface area (Å²) in [6, 6.07) is 0. The zero-order valence-corrected chi connectivity index (χ0v) is 5.65. The third-order valence-corrected chi connectivity index (χ3v) is 1.71. The van der Waals surface area contributed by atoms with Gasteiger partial charge in [-0.25, -0.2) is 0 Å². The van der Waals surface area contributed by atoms with Crippen molar-refractivity contribution in [3.05, 3.63) is 0 Å². The molecule has 0 radical (unpaired) electrons. The summed E-state index contributed by atoms with van der Waals surface area (Å²) >= 11 is 0. The highest BCUT2D eigenvalue weighted by molar-refractivity contribution is 5.70. The lowest BCUT2D eigenvalue weighted by Crippen LogP contribution is -2.43. The lowest BCUT2D eigenvalue weighted by atomic mass is 9.98. The fourth-order valence-electron chi connectivity index (χ4n) is 0.870. The van der Waals surface area contributed by atoms with Gasteiger partial charge in [0, 0.05) is 6.42 Å². The van der Waals surface area contributed by atoms with Crippen molar-refractivity contribution < 1.29 is 19.7 Å². The van der Waals surface area contributed by atoms with Crippen LogP contribution in [0.2, 0.25) is 0 Å². The van der Waals surface area contributed by atoms with Crippen LogP contribution in [-0.2, 0) is 9.53 Å². The summed E-state index contributed by atoms with van der Waals surface area (Å²) in [5.41, 5.74) is 0. The molecule has 0 amide bonds. The van der Waals surface area contributed by atoms with Crippen molar-refractivity contribution in [3.63, 3.8) is 0 Å². The molecule has 4 nitrogen and oxygen atoms in total. The molecule has 1 fully saturated rings. The van der Waals surface area contributed by atoms with Gasteiger partial charge in [0.05, 0.1) is 12.0 Å². The van der Waals surface area contributed by atoms with Gasteiger partial charge in [-0.1, -0.05) is 0 Å². The van der Waals surface area contributed by atoms with Crippen LogP contribution < -0.4 is 0 Å². The third-order valence-electron chi connectivity index (χ3n) is 1.71. The predicted octanol–water partition coefficient (Wildman–Crippen LogP) is -0.186. The largest absolute Gasteiger partial charge is 0.481 e. The van der Waals surface area contributed by atoms with Gasteiger partial charge in [-0.3, -0.25) is 4.79 Å². The van der Waals surface area contributed by atoms with Crippen molar-refractivity contribution in [1.82, 2.24) is 0 Å². The Balaban J connectivity index is 2.31. The van der Waals surface area contributed by atoms with E-state index in [2.05, 4.69) is 0 Å². The highest BCUT2D eigenvalue weighted by Crippen LogP contribution is 2.24. The van der Waals surface area contributed by atoms with Crippen LogP contribution in [0.25, 0.3) is 0 Å². The van der Waals surface area contributed by atoms with Gasteiger partial charge >= 0.3 is 5.97 Å². The van der Waals surface area contributed by atoms with Crippen LogP contribution in [0.3, 0.4) is 0 Å². The quantitative estimate of drug-likeness (QED) is 0.566. The van der Waals surface area contributed by atoms with Gasteiger partial charge in [0.15, 0.2) is 6.29 Å². The van der Waals surface area contributed by atoms with E-state index in [0.29, 0.717) is 6.42 Å². The molecule has 0 aromatic rings. The Kier molecular flexibility index (Phi) is 1.92. The van der Waals surface area contributed by atoms with Crippen molar-refractivity contribution in [2.75, 3.05) is 0 Å². The third kappa shape index (κ3) is 1.27. The van der Waals surface area contributed by atoms with Gasteiger partial charge in [-0.15, -0.1) is 0 Å². The minimum Gasteiger partial charge on any atom is -0.481 e. The smallest absolute Gasteiger partial charge is 0.308 e. The molecule has 0 spiro atoms. The molecule has 0 aromatic carbocycles. The Labute approximate surface area is 58.4 Å². The fraction of sp³-hybridized carbons (Fsp3) is 0.833. The van der Waals surface area contributed by atoms with Gasteiger partial charge in [0.1, 0.15) is 0 Å². The Morgan fingerprint density at radius 3 is 2.60 bits per heavy atom. The first-order chi connectivity index (χ1) is 4.61. The van der Waals surface area contributed by atoms with E-state index in [1.807, 2.05) is 0 Å². The van der Waals surface area contributed by atoms with E-state index in [4.69, 9.17) is 14.9 Å². The standard InChI is InChI=1S/C6H10O4/c1-3(6(8)9)4-2-5(7)10-4/h3-5,7H,2H2,1H3,(H,8,9)/t3-,4?,5?/m0/s1. The van der Waals surface area contributed by atoms with Crippen LogP contribution in [0.15, 0.2) is 0 Å². The summed E-state index contributed by atoms with van der Waals surface area (Å²) in [7, 11) is 0. The molecule has 4 heteroatoms. The van der Waals surface area contributed by atoms with E-state index in [1.165, 1.54) is 0 Å². The van der Waals surface area contributed by atoms with Gasteiger partial charge in [-0.2, -0.15) is 0 Å². The van der Waals surface area contributed by atoms with Crippen molar-refractivity contribution in [2.45, 2.75) is 25.7 Å². The highest BCUT2D eigenvalue weighted by atomic mass is 16.6. The molecular formula is C6H10O4. The number of carboxylic acid groups (broad SMARTS) is 1. The topological polar surface area (TPSA) is 66.8 Å². The minimum absolute atomic E-state index is 0.299. The predicted molar refractivity (Wildman–Crippen MR) is 32.3 cm³/mol. The highest BCUT2D eigenvalue weighted by Gasteiger charge is 2.35. The molecular weight excluding hydrogens is 136 g/mol. The normalized spacial score (nSPS) is 34.6. The van der Waals surface area contributed by atoms with Crippen LogP contribution in [0.4, 0.5) is 0 Å². The number of aliphatic hydroxyl groups is 1. The number of rotatable bonds is 2. The van der Waals surface area contributed by atoms with Gasteiger partial charge in [0.2, 0.25) is 0 Å². The second kappa shape index (κ2) is 2.56. The average Bonchev–Trinajstić information content (AvgIpc) is 1.79. The maximum atomic E-state index is 10.3. The molecule has 3 atom stereocenters. The zero-order chi connectivity index (χ0) is 7.72. The van der Waals surface area contributed by atoms with Crippen LogP contribution in [-0.4, -0.2) is 28.6 Å². The molecule has 2 N–H and O–H groups in total. The number of carboxylic acids is 1. The van der Waals surface area contributed by atoms with Crippen molar-refractivity contribution in [1.29, 1.82) is 0 Å². The van der Waals surface area contributed by atoms with Gasteiger partial charge in [-0.05, 0) is 6.92 Å². The van der Waals surface area contributed by atoms with Crippen LogP contribution >= 0.6 is 0 Å². The van der Waals surface area contributed by atoms with Crippen LogP contribution in [0, 0.1) is 5.92 Å². The van der Waals surface area contributed by atoms with E-state index in [-0.39, 0.29) is 6.10 Å². The first-order valence-corrected chi connectivity index (χ1v) is 3.17. The molecule has 10 heavy (non-hydrogen) atoms. The molecule has 0 aromatic heterocycles. The molecule has 0 aliphatic carbocycles. The molecule has 1 heterocycles. The molecule has 1 aliphatic rings. The summed E-state index contributed by atoms with van der Waals surface area (Å²) in [6.07, 6.45) is -0.604. The molecule has 0 saturated carbocycles. The van der Waals surface area contributed by atoms with Gasteiger partial charge in [0.25, 0.3) is 0 Å². The first-order valence-electron chi connectivity index (χ1n) is 3.17. The number of carbonyl (C=O) groups is 1. The van der Waals surface area contributed by atoms with E-state index in [9.17, 15) is 4.79 Å². The molecule has 58 valence electrons. The SMILES string of the molecule is C[C@H](C(=O)O)C1CC(O)O1. The molecule has 0 bridgehead atoms. The summed E-state index contributed by atoms with van der Waals surface area (Å²) in [5.74, 6) is -1.39. The number of aliphatic hydroxyl groups excluding tert-OH is 1. The summed E-state index contributed by atoms with van der Waals surface area (Å²) in [4.78, 5) is 10.3. The lowest BCUT2D eigenvalue weighted by molar-refractivity contribution is -0.246. The second-order valence-electron chi connectivity index (χ2n) is 2.49. The van der Waals surface area contributed by atoms with E-state index < -0.39 is 18.2 Å². The maximum Gasteiger partial charge on any atom is 0.308 e. The number of hydrogen-bond acceptors (Lipinski definition) is 3. The Bertz CT molecular complexity index is 139. The maximum absolute atomic E-state index is 10.3. The van der Waals surface area contributed by atoms with Crippen LogP contribution in [0.5, 0.6) is 0 Å². The summed E-state index contributed by atoms with van der Waals surface area (Å²) in [5, 5.41) is 17.1. The Morgan fingerprint density at radius 1 is 1.80 bits per heavy atom. The van der Waals surface area contributed by atoms with Crippen molar-refractivity contribution in [3.8, 4) is 0 Å².